The monoisotopic (exact) mass is 488 g/mol. The van der Waals surface area contributed by atoms with Gasteiger partial charge in [0, 0.05) is 6.42 Å². The molecule has 0 radical (unpaired) electrons. The van der Waals surface area contributed by atoms with Gasteiger partial charge in [-0.15, -0.1) is 0 Å². The number of carbonyl (C=O) groups is 2. The quantitative estimate of drug-likeness (QED) is 0.349. The van der Waals surface area contributed by atoms with Crippen LogP contribution in [0, 0.1) is 19.7 Å². The van der Waals surface area contributed by atoms with Crippen molar-refractivity contribution in [2.45, 2.75) is 38.7 Å². The largest absolute Gasteiger partial charge is 0.459 e. The number of esters is 2. The van der Waals surface area contributed by atoms with E-state index in [1.165, 1.54) is 12.4 Å². The lowest BCUT2D eigenvalue weighted by molar-refractivity contribution is -0.0562. The predicted octanol–water partition coefficient (Wildman–Crippen LogP) is 5.16. The molecule has 7 nitrogen and oxygen atoms in total. The van der Waals surface area contributed by atoms with Crippen LogP contribution in [0.25, 0.3) is 11.0 Å². The normalized spacial score (nSPS) is 19.4. The molecule has 0 aliphatic carbocycles. The van der Waals surface area contributed by atoms with Gasteiger partial charge in [-0.05, 0) is 50.2 Å². The van der Waals surface area contributed by atoms with Crippen molar-refractivity contribution in [2.24, 2.45) is 0 Å². The summed E-state index contributed by atoms with van der Waals surface area (Å²) < 4.78 is 33.4. The molecular weight excluding hydrogens is 463 g/mol. The van der Waals surface area contributed by atoms with Crippen LogP contribution in [0.4, 0.5) is 4.39 Å². The molecule has 0 amide bonds. The van der Waals surface area contributed by atoms with Crippen molar-refractivity contribution in [3.05, 3.63) is 101 Å². The second-order valence-corrected chi connectivity index (χ2v) is 8.90. The Morgan fingerprint density at radius 2 is 1.61 bits per heavy atom. The number of imidazole rings is 1. The minimum atomic E-state index is -0.718. The molecule has 1 fully saturated rings. The minimum Gasteiger partial charge on any atom is -0.459 e. The summed E-state index contributed by atoms with van der Waals surface area (Å²) >= 11 is 0. The first-order valence-corrected chi connectivity index (χ1v) is 11.7. The molecule has 4 aromatic rings. The lowest BCUT2D eigenvalue weighted by atomic mass is 10.1. The first kappa shape index (κ1) is 23.7. The number of fused-ring (bicyclic) bond motifs is 1. The topological polar surface area (TPSA) is 79.7 Å². The van der Waals surface area contributed by atoms with E-state index in [1.54, 1.807) is 41.0 Å². The molecule has 3 aromatic carbocycles. The van der Waals surface area contributed by atoms with E-state index in [4.69, 9.17) is 14.2 Å². The van der Waals surface area contributed by atoms with Crippen LogP contribution < -0.4 is 0 Å². The molecule has 1 saturated heterocycles. The predicted molar refractivity (Wildman–Crippen MR) is 130 cm³/mol. The van der Waals surface area contributed by atoms with Gasteiger partial charge in [-0.1, -0.05) is 41.5 Å². The molecule has 184 valence electrons. The molecule has 36 heavy (non-hydrogen) atoms. The van der Waals surface area contributed by atoms with Crippen LogP contribution in [0.1, 0.15) is 44.5 Å². The van der Waals surface area contributed by atoms with Crippen LogP contribution in [0.3, 0.4) is 0 Å². The third kappa shape index (κ3) is 4.85. The Hall–Kier alpha value is -4.04. The molecule has 0 unspecified atom stereocenters. The number of aryl methyl sites for hydroxylation is 2. The van der Waals surface area contributed by atoms with Crippen LogP contribution >= 0.6 is 0 Å². The van der Waals surface area contributed by atoms with Crippen molar-refractivity contribution in [2.75, 3.05) is 6.61 Å². The number of aromatic nitrogens is 2. The number of halogens is 1. The number of carbonyl (C=O) groups excluding carboxylic acids is 2. The van der Waals surface area contributed by atoms with Crippen LogP contribution in [0.5, 0.6) is 0 Å². The van der Waals surface area contributed by atoms with Crippen LogP contribution in [0.15, 0.2) is 73.1 Å². The van der Waals surface area contributed by atoms with E-state index >= 15 is 0 Å². The van der Waals surface area contributed by atoms with Crippen molar-refractivity contribution in [1.29, 1.82) is 0 Å². The van der Waals surface area contributed by atoms with Gasteiger partial charge in [0.15, 0.2) is 5.82 Å². The second-order valence-electron chi connectivity index (χ2n) is 8.90. The molecule has 8 heteroatoms. The maximum absolute atomic E-state index is 14.2. The third-order valence-electron chi connectivity index (χ3n) is 6.26. The first-order chi connectivity index (χ1) is 17.4. The number of benzene rings is 3. The van der Waals surface area contributed by atoms with Crippen LogP contribution in [-0.4, -0.2) is 40.3 Å². The zero-order chi connectivity index (χ0) is 25.2. The summed E-state index contributed by atoms with van der Waals surface area (Å²) in [4.78, 5) is 29.6. The lowest BCUT2D eigenvalue weighted by Gasteiger charge is -2.19. The van der Waals surface area contributed by atoms with Crippen LogP contribution in [0.2, 0.25) is 0 Å². The first-order valence-electron chi connectivity index (χ1n) is 11.7. The van der Waals surface area contributed by atoms with Crippen LogP contribution in [-0.2, 0) is 14.2 Å². The van der Waals surface area contributed by atoms with Gasteiger partial charge in [-0.25, -0.2) is 19.0 Å². The van der Waals surface area contributed by atoms with Gasteiger partial charge in [0.2, 0.25) is 0 Å². The average molecular weight is 489 g/mol. The van der Waals surface area contributed by atoms with E-state index in [9.17, 15) is 14.0 Å². The van der Waals surface area contributed by atoms with Gasteiger partial charge in [-0.2, -0.15) is 0 Å². The fourth-order valence-electron chi connectivity index (χ4n) is 4.22. The Kier molecular flexibility index (Phi) is 6.52. The highest BCUT2D eigenvalue weighted by Gasteiger charge is 2.40. The molecule has 1 aliphatic rings. The fraction of sp³-hybridized carbons (Fsp3) is 0.250. The van der Waals surface area contributed by atoms with Crippen molar-refractivity contribution < 1.29 is 28.2 Å². The van der Waals surface area contributed by atoms with Gasteiger partial charge in [0.1, 0.15) is 30.6 Å². The summed E-state index contributed by atoms with van der Waals surface area (Å²) in [5, 5.41) is 0. The Bertz CT molecular complexity index is 1400. The molecule has 5 rings (SSSR count). The molecule has 0 N–H and O–H groups in total. The minimum absolute atomic E-state index is 0.115. The Labute approximate surface area is 207 Å². The number of hydrogen-bond acceptors (Lipinski definition) is 6. The molecule has 3 atom stereocenters. The Balaban J connectivity index is 1.36. The van der Waals surface area contributed by atoms with Gasteiger partial charge in [-0.3, -0.25) is 0 Å². The van der Waals surface area contributed by atoms with Gasteiger partial charge >= 0.3 is 11.9 Å². The van der Waals surface area contributed by atoms with E-state index in [-0.39, 0.29) is 18.5 Å². The molecule has 1 aliphatic heterocycles. The summed E-state index contributed by atoms with van der Waals surface area (Å²) in [5.74, 6) is -1.43. The third-order valence-corrected chi connectivity index (χ3v) is 6.26. The Morgan fingerprint density at radius 1 is 0.972 bits per heavy atom. The maximum Gasteiger partial charge on any atom is 0.338 e. The standard InChI is InChI=1S/C28H25FN2O5/c1-17-6-10-19(11-7-17)27(32)34-15-24-23(36-28(33)20-12-8-18(2)9-13-20)14-25(35-24)31-16-30-26-21(29)4-3-5-22(26)31/h3-13,16,23-25H,14-15H2,1-2H3/t23-,24+,25+/m0/s1. The number of para-hydroxylation sites is 1. The highest BCUT2D eigenvalue weighted by molar-refractivity contribution is 5.90. The smallest absolute Gasteiger partial charge is 0.338 e. The summed E-state index contributed by atoms with van der Waals surface area (Å²) in [6, 6.07) is 18.8. The zero-order valence-electron chi connectivity index (χ0n) is 19.9. The maximum atomic E-state index is 14.2. The molecule has 0 spiro atoms. The second kappa shape index (κ2) is 9.91. The zero-order valence-corrected chi connectivity index (χ0v) is 19.9. The fourth-order valence-corrected chi connectivity index (χ4v) is 4.22. The number of hydrogen-bond donors (Lipinski definition) is 0. The van der Waals surface area contributed by atoms with E-state index < -0.39 is 36.2 Å². The number of rotatable bonds is 6. The molecule has 2 heterocycles. The molecule has 1 aromatic heterocycles. The van der Waals surface area contributed by atoms with Crippen molar-refractivity contribution in [3.8, 4) is 0 Å². The van der Waals surface area contributed by atoms with E-state index in [2.05, 4.69) is 4.98 Å². The van der Waals surface area contributed by atoms with E-state index in [1.807, 2.05) is 38.1 Å². The highest BCUT2D eigenvalue weighted by atomic mass is 19.1. The van der Waals surface area contributed by atoms with Gasteiger partial charge < -0.3 is 18.8 Å². The van der Waals surface area contributed by atoms with Gasteiger partial charge in [0.05, 0.1) is 23.0 Å². The van der Waals surface area contributed by atoms with E-state index in [0.717, 1.165) is 11.1 Å². The average Bonchev–Trinajstić information content (AvgIpc) is 3.48. The molecule has 0 saturated carbocycles. The van der Waals surface area contributed by atoms with Crippen molar-refractivity contribution in [1.82, 2.24) is 9.55 Å². The van der Waals surface area contributed by atoms with E-state index in [0.29, 0.717) is 16.6 Å². The number of ether oxygens (including phenoxy) is 3. The highest BCUT2D eigenvalue weighted by Crippen LogP contribution is 2.34. The summed E-state index contributed by atoms with van der Waals surface area (Å²) in [6.07, 6.45) is -0.217. The van der Waals surface area contributed by atoms with Crippen molar-refractivity contribution in [3.63, 3.8) is 0 Å². The van der Waals surface area contributed by atoms with Gasteiger partial charge in [0.25, 0.3) is 0 Å². The Morgan fingerprint density at radius 3 is 2.28 bits per heavy atom. The molecular formula is C28H25FN2O5. The summed E-state index contributed by atoms with van der Waals surface area (Å²) in [6.45, 7) is 3.75. The summed E-state index contributed by atoms with van der Waals surface area (Å²) in [5.41, 5.74) is 3.66. The molecule has 0 bridgehead atoms. The van der Waals surface area contributed by atoms with Crippen molar-refractivity contribution >= 4 is 23.0 Å². The summed E-state index contributed by atoms with van der Waals surface area (Å²) in [7, 11) is 0. The SMILES string of the molecule is Cc1ccc(C(=O)OC[C@H]2O[C@@H](n3cnc4c(F)cccc43)C[C@@H]2OC(=O)c2ccc(C)cc2)cc1. The number of nitrogens with zero attached hydrogens (tertiary/aromatic N) is 2. The lowest BCUT2D eigenvalue weighted by Crippen LogP contribution is -2.32.